The van der Waals surface area contributed by atoms with E-state index in [1.165, 1.54) is 0 Å². The Labute approximate surface area is 250 Å². The molecule has 0 atom stereocenters. The van der Waals surface area contributed by atoms with Crippen LogP contribution in [0.25, 0.3) is 0 Å². The second kappa shape index (κ2) is 19.8. The third-order valence-corrected chi connectivity index (χ3v) is 4.53. The van der Waals surface area contributed by atoms with Crippen molar-refractivity contribution in [1.29, 1.82) is 5.26 Å². The molecule has 1 aliphatic rings. The van der Waals surface area contributed by atoms with Gasteiger partial charge in [0, 0.05) is 28.8 Å². The molecule has 33 heavy (non-hydrogen) atoms. The predicted molar refractivity (Wildman–Crippen MR) is 165 cm³/mol. The van der Waals surface area contributed by atoms with E-state index in [4.69, 9.17) is 39.9 Å². The summed E-state index contributed by atoms with van der Waals surface area (Å²) >= 11 is 19.2. The van der Waals surface area contributed by atoms with E-state index < -0.39 is 0 Å². The summed E-state index contributed by atoms with van der Waals surface area (Å²) in [6, 6.07) is 13.1. The topological polar surface area (TPSA) is 94.7 Å². The Balaban J connectivity index is 0.000000520. The van der Waals surface area contributed by atoms with E-state index in [-0.39, 0.29) is 0 Å². The number of nitrogens with two attached hydrogens (primary N) is 2. The average molecular weight is 942 g/mol. The van der Waals surface area contributed by atoms with Crippen LogP contribution in [-0.2, 0) is 13.1 Å². The number of hydrogen-bond acceptors (Lipinski definition) is 6. The fraction of sp³-hybridized carbons (Fsp3) is 0.333. The van der Waals surface area contributed by atoms with E-state index in [0.717, 1.165) is 28.4 Å². The van der Waals surface area contributed by atoms with Crippen molar-refractivity contribution in [3.8, 4) is 6.07 Å². The van der Waals surface area contributed by atoms with Crippen LogP contribution < -0.4 is 24.7 Å². The summed E-state index contributed by atoms with van der Waals surface area (Å²) in [5, 5.41) is 9.90. The van der Waals surface area contributed by atoms with Crippen LogP contribution in [0.5, 0.6) is 0 Å². The van der Waals surface area contributed by atoms with E-state index in [1.54, 1.807) is 12.1 Å². The predicted octanol–water partition coefficient (Wildman–Crippen LogP) is 3.48. The zero-order chi connectivity index (χ0) is 25.4. The average Bonchev–Trinajstić information content (AvgIpc) is 2.89. The van der Waals surface area contributed by atoms with Crippen LogP contribution in [0.4, 0.5) is 11.4 Å². The third kappa shape index (κ3) is 14.7. The molecule has 2 aromatic rings. The van der Waals surface area contributed by atoms with Crippen molar-refractivity contribution in [3.63, 3.8) is 0 Å². The Bertz CT molecular complexity index is 924. The van der Waals surface area contributed by atoms with Gasteiger partial charge in [-0.15, -0.1) is 0 Å². The summed E-state index contributed by atoms with van der Waals surface area (Å²) in [5.41, 5.74) is 15.2. The first kappa shape index (κ1) is 33.6. The molecule has 12 heteroatoms. The van der Waals surface area contributed by atoms with E-state index in [2.05, 4.69) is 75.8 Å². The van der Waals surface area contributed by atoms with Crippen molar-refractivity contribution < 1.29 is 13.3 Å². The molecule has 3 rings (SSSR count). The van der Waals surface area contributed by atoms with Gasteiger partial charge in [0.15, 0.2) is 0 Å². The summed E-state index contributed by atoms with van der Waals surface area (Å²) in [4.78, 5) is 10.3. The number of alkyl halides is 1. The number of hydrogen-bond donors (Lipinski definition) is 2. The van der Waals surface area contributed by atoms with Crippen molar-refractivity contribution in [2.75, 3.05) is 37.8 Å². The standard InChI is InChI=1S/2C10H12ClN3.CH3I.I3/c1-14-5-7-4-8(11)2-3-9(7)13-10(12)6-14;1-14(5-4-12)7-8-6-9(11)2-3-10(8)13;1-2;1-3-2/h2-4H,5-6H2,1H3,(H2,12,13);2-3,6H,5,7,13H2,1H3;1H3;/q;;;-1. The monoisotopic (exact) mass is 941 g/mol. The van der Waals surface area contributed by atoms with E-state index >= 15 is 0 Å². The first-order chi connectivity index (χ1) is 15.7. The van der Waals surface area contributed by atoms with Crippen LogP contribution >= 0.6 is 83.0 Å². The molecule has 0 radical (unpaired) electrons. The Hall–Kier alpha value is 0.620. The molecule has 0 amide bonds. The zero-order valence-corrected chi connectivity index (χ0v) is 28.6. The minimum absolute atomic E-state index is 0.381. The second-order valence-corrected chi connectivity index (χ2v) is 23.9. The van der Waals surface area contributed by atoms with Crippen molar-refractivity contribution in [1.82, 2.24) is 9.80 Å². The van der Waals surface area contributed by atoms with Gasteiger partial charge >= 0.3 is 50.5 Å². The zero-order valence-electron chi connectivity index (χ0n) is 18.5. The molecule has 6 nitrogen and oxygen atoms in total. The maximum atomic E-state index is 8.49. The van der Waals surface area contributed by atoms with Gasteiger partial charge in [0.25, 0.3) is 0 Å². The number of likely N-dealkylation sites (N-methyl/N-ethyl adjacent to an activating group) is 1. The van der Waals surface area contributed by atoms with Crippen molar-refractivity contribution in [3.05, 3.63) is 57.6 Å². The van der Waals surface area contributed by atoms with Crippen molar-refractivity contribution in [2.24, 2.45) is 10.7 Å². The molecule has 184 valence electrons. The van der Waals surface area contributed by atoms with E-state index in [1.807, 2.05) is 48.2 Å². The maximum absolute atomic E-state index is 8.49. The number of benzene rings is 2. The molecule has 1 aliphatic heterocycles. The number of nitrogens with zero attached hydrogens (tertiary/aromatic N) is 4. The second-order valence-electron chi connectivity index (χ2n) is 6.78. The molecule has 0 unspecified atom stereocenters. The molecule has 4 N–H and O–H groups in total. The quantitative estimate of drug-likeness (QED) is 0.213. The number of aliphatic imine (C=N–C) groups is 1. The summed E-state index contributed by atoms with van der Waals surface area (Å²) in [7, 11) is 3.88. The fourth-order valence-electron chi connectivity index (χ4n) is 2.78. The first-order valence-corrected chi connectivity index (χ1v) is 24.8. The third-order valence-electron chi connectivity index (χ3n) is 4.06. The van der Waals surface area contributed by atoms with Crippen molar-refractivity contribution >= 4 is 100 Å². The van der Waals surface area contributed by atoms with Gasteiger partial charge < -0.3 is 11.5 Å². The number of anilines is 1. The number of halogens is 6. The molecular weight excluding hydrogens is 915 g/mol. The van der Waals surface area contributed by atoms with E-state index in [9.17, 15) is 0 Å². The van der Waals surface area contributed by atoms with Gasteiger partial charge in [-0.3, -0.25) is 9.80 Å². The van der Waals surface area contributed by atoms with Crippen LogP contribution in [0.2, 0.25) is 10.0 Å². The van der Waals surface area contributed by atoms with Gasteiger partial charge in [-0.2, -0.15) is 5.26 Å². The molecule has 0 fully saturated rings. The molecule has 0 bridgehead atoms. The summed E-state index contributed by atoms with van der Waals surface area (Å²) in [5.74, 6) is 0.647. The van der Waals surface area contributed by atoms with E-state index in [0.29, 0.717) is 49.4 Å². The summed E-state index contributed by atoms with van der Waals surface area (Å²) in [6.45, 7) is 2.55. The van der Waals surface area contributed by atoms with Crippen LogP contribution in [0.1, 0.15) is 11.1 Å². The van der Waals surface area contributed by atoms with Gasteiger partial charge in [0.1, 0.15) is 5.84 Å². The summed E-state index contributed by atoms with van der Waals surface area (Å²) in [6.07, 6.45) is 0. The molecule has 1 heterocycles. The molecule has 0 aromatic heterocycles. The Morgan fingerprint density at radius 2 is 1.70 bits per heavy atom. The van der Waals surface area contributed by atoms with Crippen LogP contribution in [-0.4, -0.2) is 47.8 Å². The van der Waals surface area contributed by atoms with Crippen LogP contribution in [0.3, 0.4) is 0 Å². The van der Waals surface area contributed by atoms with Gasteiger partial charge in [-0.25, -0.2) is 4.99 Å². The Kier molecular flexibility index (Phi) is 20.1. The minimum atomic E-state index is 0.381. The van der Waals surface area contributed by atoms with Gasteiger partial charge in [-0.1, -0.05) is 45.8 Å². The van der Waals surface area contributed by atoms with Crippen LogP contribution in [0, 0.1) is 11.3 Å². The van der Waals surface area contributed by atoms with Gasteiger partial charge in [0.05, 0.1) is 24.8 Å². The van der Waals surface area contributed by atoms with Gasteiger partial charge in [0.2, 0.25) is 0 Å². The molecule has 2 aromatic carbocycles. The molecular formula is C21H27Cl2I4N6-. The SMILES string of the molecule is CI.CN(CC#N)Cc1cc(Cl)ccc1N.CN1CC(N)=Nc2ccc(Cl)cc2C1.I[I-]I. The molecule has 0 aliphatic carbocycles. The number of rotatable bonds is 3. The van der Waals surface area contributed by atoms with Gasteiger partial charge in [-0.05, 0) is 66.6 Å². The number of fused-ring (bicyclic) bond motifs is 1. The molecule has 0 spiro atoms. The Morgan fingerprint density at radius 3 is 2.30 bits per heavy atom. The fourth-order valence-corrected chi connectivity index (χ4v) is 3.17. The Morgan fingerprint density at radius 1 is 1.12 bits per heavy atom. The van der Waals surface area contributed by atoms with Crippen molar-refractivity contribution in [2.45, 2.75) is 13.1 Å². The first-order valence-electron chi connectivity index (χ1n) is 9.34. The summed E-state index contributed by atoms with van der Waals surface area (Å²) < 4.78 is 0. The number of nitriles is 1. The number of nitrogen functional groups attached to an aromatic ring is 1. The molecule has 0 saturated heterocycles. The molecule has 0 saturated carbocycles. The normalized spacial score (nSPS) is 12.4. The van der Waals surface area contributed by atoms with Crippen LogP contribution in [0.15, 0.2) is 41.4 Å². The number of amidine groups is 1.